The molecule has 2 N–H and O–H groups in total. The summed E-state index contributed by atoms with van der Waals surface area (Å²) in [6.45, 7) is 0. The van der Waals surface area contributed by atoms with Gasteiger partial charge in [-0.25, -0.2) is 4.98 Å². The second-order valence-electron chi connectivity index (χ2n) is 4.99. The third kappa shape index (κ3) is 2.03. The SMILES string of the molecule is N#C/C(=C\c1ccc2[nH]ncc2c1)c1nc2ccccc2[nH]1. The zero-order valence-electron chi connectivity index (χ0n) is 11.5. The highest BCUT2D eigenvalue weighted by molar-refractivity contribution is 5.92. The number of nitriles is 1. The van der Waals surface area contributed by atoms with Crippen molar-refractivity contribution in [3.63, 3.8) is 0 Å². The molecule has 2 aromatic carbocycles. The predicted molar refractivity (Wildman–Crippen MR) is 85.7 cm³/mol. The molecule has 0 saturated heterocycles. The zero-order valence-corrected chi connectivity index (χ0v) is 11.5. The Morgan fingerprint density at radius 3 is 2.91 bits per heavy atom. The van der Waals surface area contributed by atoms with Crippen molar-refractivity contribution in [1.82, 2.24) is 20.2 Å². The van der Waals surface area contributed by atoms with E-state index in [4.69, 9.17) is 0 Å². The minimum Gasteiger partial charge on any atom is -0.337 e. The van der Waals surface area contributed by atoms with Crippen LogP contribution in [0.5, 0.6) is 0 Å². The van der Waals surface area contributed by atoms with Crippen LogP contribution in [0.15, 0.2) is 48.7 Å². The fourth-order valence-corrected chi connectivity index (χ4v) is 2.45. The maximum atomic E-state index is 9.44. The first-order valence-electron chi connectivity index (χ1n) is 6.83. The molecule has 4 rings (SSSR count). The smallest absolute Gasteiger partial charge is 0.149 e. The molecule has 104 valence electrons. The van der Waals surface area contributed by atoms with Gasteiger partial charge in [-0.05, 0) is 35.9 Å². The number of hydrogen-bond donors (Lipinski definition) is 2. The van der Waals surface area contributed by atoms with Crippen molar-refractivity contribution < 1.29 is 0 Å². The maximum absolute atomic E-state index is 9.44. The van der Waals surface area contributed by atoms with Crippen LogP contribution in [0, 0.1) is 11.3 Å². The molecule has 22 heavy (non-hydrogen) atoms. The van der Waals surface area contributed by atoms with Gasteiger partial charge in [0.15, 0.2) is 0 Å². The van der Waals surface area contributed by atoms with Gasteiger partial charge in [0.1, 0.15) is 11.9 Å². The lowest BCUT2D eigenvalue weighted by Crippen LogP contribution is -1.85. The topological polar surface area (TPSA) is 81.2 Å². The molecule has 2 heterocycles. The molecule has 5 nitrogen and oxygen atoms in total. The van der Waals surface area contributed by atoms with Crippen LogP contribution in [-0.4, -0.2) is 20.2 Å². The van der Waals surface area contributed by atoms with Crippen LogP contribution in [0.2, 0.25) is 0 Å². The third-order valence-electron chi connectivity index (χ3n) is 3.54. The molecule has 0 fully saturated rings. The highest BCUT2D eigenvalue weighted by Crippen LogP contribution is 2.21. The Kier molecular flexibility index (Phi) is 2.73. The number of aromatic amines is 2. The van der Waals surface area contributed by atoms with Gasteiger partial charge in [-0.3, -0.25) is 5.10 Å². The molecule has 0 spiro atoms. The Balaban J connectivity index is 1.81. The van der Waals surface area contributed by atoms with Gasteiger partial charge in [-0.1, -0.05) is 18.2 Å². The minimum absolute atomic E-state index is 0.499. The Hall–Kier alpha value is -3.39. The third-order valence-corrected chi connectivity index (χ3v) is 3.54. The van der Waals surface area contributed by atoms with E-state index in [1.807, 2.05) is 48.5 Å². The maximum Gasteiger partial charge on any atom is 0.149 e. The summed E-state index contributed by atoms with van der Waals surface area (Å²) >= 11 is 0. The van der Waals surface area contributed by atoms with E-state index < -0.39 is 0 Å². The monoisotopic (exact) mass is 285 g/mol. The van der Waals surface area contributed by atoms with Crippen LogP contribution in [0.4, 0.5) is 0 Å². The first-order valence-corrected chi connectivity index (χ1v) is 6.83. The van der Waals surface area contributed by atoms with Crippen molar-refractivity contribution in [3.05, 3.63) is 60.0 Å². The Morgan fingerprint density at radius 2 is 2.05 bits per heavy atom. The van der Waals surface area contributed by atoms with E-state index in [1.54, 1.807) is 6.20 Å². The van der Waals surface area contributed by atoms with Crippen molar-refractivity contribution in [1.29, 1.82) is 5.26 Å². The standard InChI is InChI=1S/C17H11N5/c18-9-12(17-20-15-3-1-2-4-16(15)21-17)7-11-5-6-14-13(8-11)10-19-22-14/h1-8,10H,(H,19,22)(H,20,21)/b12-7+. The molecule has 0 radical (unpaired) electrons. The van der Waals surface area contributed by atoms with E-state index in [-0.39, 0.29) is 0 Å². The summed E-state index contributed by atoms with van der Waals surface area (Å²) in [6, 6.07) is 15.8. The van der Waals surface area contributed by atoms with Gasteiger partial charge in [-0.2, -0.15) is 10.4 Å². The van der Waals surface area contributed by atoms with Crippen LogP contribution in [0.25, 0.3) is 33.6 Å². The summed E-state index contributed by atoms with van der Waals surface area (Å²) in [5.41, 5.74) is 4.18. The lowest BCUT2D eigenvalue weighted by Gasteiger charge is -1.96. The van der Waals surface area contributed by atoms with Gasteiger partial charge in [-0.15, -0.1) is 0 Å². The van der Waals surface area contributed by atoms with Crippen LogP contribution < -0.4 is 0 Å². The van der Waals surface area contributed by atoms with E-state index in [1.165, 1.54) is 0 Å². The molecular formula is C17H11N5. The van der Waals surface area contributed by atoms with E-state index in [0.717, 1.165) is 27.5 Å². The van der Waals surface area contributed by atoms with E-state index in [9.17, 15) is 5.26 Å². The molecule has 0 amide bonds. The summed E-state index contributed by atoms with van der Waals surface area (Å²) in [6.07, 6.45) is 3.59. The van der Waals surface area contributed by atoms with Gasteiger partial charge in [0, 0.05) is 5.39 Å². The summed E-state index contributed by atoms with van der Waals surface area (Å²) in [5, 5.41) is 17.4. The minimum atomic E-state index is 0.499. The predicted octanol–water partition coefficient (Wildman–Crippen LogP) is 3.50. The fourth-order valence-electron chi connectivity index (χ4n) is 2.45. The molecule has 0 aliphatic rings. The number of hydrogen-bond acceptors (Lipinski definition) is 3. The molecule has 0 bridgehead atoms. The van der Waals surface area contributed by atoms with Gasteiger partial charge in [0.2, 0.25) is 0 Å². The Bertz CT molecular complexity index is 1010. The van der Waals surface area contributed by atoms with Crippen molar-refractivity contribution in [2.45, 2.75) is 0 Å². The van der Waals surface area contributed by atoms with Gasteiger partial charge >= 0.3 is 0 Å². The lowest BCUT2D eigenvalue weighted by molar-refractivity contribution is 1.12. The number of nitrogens with one attached hydrogen (secondary N) is 2. The average molecular weight is 285 g/mol. The molecule has 0 saturated carbocycles. The van der Waals surface area contributed by atoms with Crippen LogP contribution in [0.1, 0.15) is 11.4 Å². The van der Waals surface area contributed by atoms with Gasteiger partial charge in [0.05, 0.1) is 28.3 Å². The summed E-state index contributed by atoms with van der Waals surface area (Å²) in [7, 11) is 0. The number of para-hydroxylation sites is 2. The quantitative estimate of drug-likeness (QED) is 0.553. The molecule has 0 aliphatic carbocycles. The number of aromatic nitrogens is 4. The van der Waals surface area contributed by atoms with E-state index in [2.05, 4.69) is 26.2 Å². The lowest BCUT2D eigenvalue weighted by atomic mass is 10.1. The molecule has 5 heteroatoms. The molecule has 0 atom stereocenters. The molecular weight excluding hydrogens is 274 g/mol. The van der Waals surface area contributed by atoms with E-state index in [0.29, 0.717) is 11.4 Å². The van der Waals surface area contributed by atoms with Crippen molar-refractivity contribution in [3.8, 4) is 6.07 Å². The van der Waals surface area contributed by atoms with Crippen LogP contribution >= 0.6 is 0 Å². The highest BCUT2D eigenvalue weighted by Gasteiger charge is 2.07. The van der Waals surface area contributed by atoms with Gasteiger partial charge in [0.25, 0.3) is 0 Å². The normalized spacial score (nSPS) is 11.9. The molecule has 2 aromatic heterocycles. The van der Waals surface area contributed by atoms with E-state index >= 15 is 0 Å². The number of imidazole rings is 1. The molecule has 0 aliphatic heterocycles. The first-order chi connectivity index (χ1) is 10.8. The molecule has 0 unspecified atom stereocenters. The Labute approximate surface area is 125 Å². The second kappa shape index (κ2) is 4.86. The largest absolute Gasteiger partial charge is 0.337 e. The van der Waals surface area contributed by atoms with Crippen LogP contribution in [-0.2, 0) is 0 Å². The fraction of sp³-hybridized carbons (Fsp3) is 0. The number of H-pyrrole nitrogens is 2. The first kappa shape index (κ1) is 12.4. The summed E-state index contributed by atoms with van der Waals surface area (Å²) < 4.78 is 0. The number of fused-ring (bicyclic) bond motifs is 2. The van der Waals surface area contributed by atoms with Crippen molar-refractivity contribution >= 4 is 33.6 Å². The van der Waals surface area contributed by atoms with Crippen LogP contribution in [0.3, 0.4) is 0 Å². The number of benzene rings is 2. The highest BCUT2D eigenvalue weighted by atomic mass is 15.1. The Morgan fingerprint density at radius 1 is 1.14 bits per heavy atom. The zero-order chi connectivity index (χ0) is 14.9. The number of allylic oxidation sites excluding steroid dienone is 1. The van der Waals surface area contributed by atoms with Gasteiger partial charge < -0.3 is 4.98 Å². The summed E-state index contributed by atoms with van der Waals surface area (Å²) in [4.78, 5) is 7.65. The number of nitrogens with zero attached hydrogens (tertiary/aromatic N) is 3. The molecule has 4 aromatic rings. The van der Waals surface area contributed by atoms with Crippen molar-refractivity contribution in [2.24, 2.45) is 0 Å². The second-order valence-corrected chi connectivity index (χ2v) is 4.99. The van der Waals surface area contributed by atoms with Crippen molar-refractivity contribution in [2.75, 3.05) is 0 Å². The summed E-state index contributed by atoms with van der Waals surface area (Å²) in [5.74, 6) is 0.580. The number of rotatable bonds is 2. The average Bonchev–Trinajstić information content (AvgIpc) is 3.18.